The summed E-state index contributed by atoms with van der Waals surface area (Å²) in [7, 11) is -0.973. The minimum absolute atomic E-state index is 0.133. The van der Waals surface area contributed by atoms with Crippen LogP contribution in [0.4, 0.5) is 0 Å². The summed E-state index contributed by atoms with van der Waals surface area (Å²) < 4.78 is 30.7. The maximum Gasteiger partial charge on any atom is 0.191 e. The molecule has 1 fully saturated rings. The van der Waals surface area contributed by atoms with Crippen LogP contribution < -0.4 is 4.74 Å². The van der Waals surface area contributed by atoms with Crippen molar-refractivity contribution in [3.05, 3.63) is 34.1 Å². The lowest BCUT2D eigenvalue weighted by atomic mass is 10.1. The average Bonchev–Trinajstić information content (AvgIpc) is 3.10. The van der Waals surface area contributed by atoms with E-state index in [1.807, 2.05) is 11.6 Å². The largest absolute Gasteiger partial charge is 0.491 e. The fraction of sp³-hybridized carbons (Fsp3) is 0.500. The van der Waals surface area contributed by atoms with Crippen LogP contribution in [0.15, 0.2) is 23.4 Å². The van der Waals surface area contributed by atoms with Crippen molar-refractivity contribution in [3.8, 4) is 5.75 Å². The lowest BCUT2D eigenvalue weighted by Gasteiger charge is -2.09. The fourth-order valence-electron chi connectivity index (χ4n) is 2.81. The monoisotopic (exact) mass is 435 g/mol. The number of hydrogen-bond acceptors (Lipinski definition) is 6. The molecule has 1 aromatic heterocycles. The van der Waals surface area contributed by atoms with E-state index in [1.165, 1.54) is 11.8 Å². The summed E-state index contributed by atoms with van der Waals surface area (Å²) in [6.45, 7) is 0.452. The van der Waals surface area contributed by atoms with Gasteiger partial charge in [0, 0.05) is 30.3 Å². The van der Waals surface area contributed by atoms with Crippen molar-refractivity contribution in [3.63, 3.8) is 0 Å². The Morgan fingerprint density at radius 3 is 2.88 bits per heavy atom. The molecule has 1 aliphatic heterocycles. The highest BCUT2D eigenvalue weighted by atomic mass is 35.5. The van der Waals surface area contributed by atoms with E-state index in [0.29, 0.717) is 41.0 Å². The van der Waals surface area contributed by atoms with E-state index in [-0.39, 0.29) is 17.4 Å². The number of aromatic nitrogens is 3. The van der Waals surface area contributed by atoms with Crippen molar-refractivity contribution < 1.29 is 13.2 Å². The highest BCUT2D eigenvalue weighted by Gasteiger charge is 2.29. The molecular formula is C16H19Cl2N3O3S2. The molecule has 0 spiro atoms. The molecule has 1 saturated heterocycles. The number of rotatable bonds is 7. The van der Waals surface area contributed by atoms with E-state index in [0.717, 1.165) is 11.0 Å². The van der Waals surface area contributed by atoms with Crippen molar-refractivity contribution >= 4 is 44.8 Å². The van der Waals surface area contributed by atoms with Gasteiger partial charge in [0.1, 0.15) is 11.6 Å². The molecule has 2 heterocycles. The summed E-state index contributed by atoms with van der Waals surface area (Å²) in [6, 6.07) is 5.09. The van der Waals surface area contributed by atoms with Crippen molar-refractivity contribution in [2.24, 2.45) is 13.0 Å². The van der Waals surface area contributed by atoms with Gasteiger partial charge in [0.25, 0.3) is 0 Å². The molecule has 10 heteroatoms. The van der Waals surface area contributed by atoms with Gasteiger partial charge in [0.05, 0.1) is 23.1 Å². The Bertz CT molecular complexity index is 887. The summed E-state index contributed by atoms with van der Waals surface area (Å²) in [5, 5.41) is 10.3. The molecule has 1 aliphatic rings. The molecule has 0 radical (unpaired) electrons. The number of ether oxygens (including phenoxy) is 1. The van der Waals surface area contributed by atoms with Crippen LogP contribution in [0.1, 0.15) is 12.2 Å². The first-order chi connectivity index (χ1) is 12.3. The molecule has 3 rings (SSSR count). The number of hydrogen-bond donors (Lipinski definition) is 0. The Morgan fingerprint density at radius 2 is 2.15 bits per heavy atom. The van der Waals surface area contributed by atoms with E-state index in [2.05, 4.69) is 10.2 Å². The van der Waals surface area contributed by atoms with Gasteiger partial charge in [-0.15, -0.1) is 10.2 Å². The maximum atomic E-state index is 11.6. The van der Waals surface area contributed by atoms with Gasteiger partial charge in [-0.1, -0.05) is 35.0 Å². The lowest BCUT2D eigenvalue weighted by molar-refractivity contribution is 0.344. The second-order valence-corrected chi connectivity index (χ2v) is 10.3. The Hall–Kier alpha value is -0.960. The maximum absolute atomic E-state index is 11.6. The van der Waals surface area contributed by atoms with Crippen molar-refractivity contribution in [2.45, 2.75) is 18.0 Å². The normalized spacial score (nSPS) is 19.0. The molecule has 0 saturated carbocycles. The van der Waals surface area contributed by atoms with Gasteiger partial charge < -0.3 is 9.30 Å². The van der Waals surface area contributed by atoms with Crippen LogP contribution in [0.25, 0.3) is 0 Å². The second kappa shape index (κ2) is 8.37. The molecular weight excluding hydrogens is 417 g/mol. The van der Waals surface area contributed by atoms with E-state index in [9.17, 15) is 8.42 Å². The molecule has 1 aromatic carbocycles. The lowest BCUT2D eigenvalue weighted by Crippen LogP contribution is -2.11. The average molecular weight is 436 g/mol. The zero-order valence-corrected chi connectivity index (χ0v) is 17.3. The predicted octanol–water partition coefficient (Wildman–Crippen LogP) is 3.27. The van der Waals surface area contributed by atoms with Gasteiger partial charge in [-0.25, -0.2) is 8.42 Å². The van der Waals surface area contributed by atoms with E-state index in [4.69, 9.17) is 27.9 Å². The van der Waals surface area contributed by atoms with E-state index >= 15 is 0 Å². The highest BCUT2D eigenvalue weighted by Crippen LogP contribution is 2.28. The van der Waals surface area contributed by atoms with Gasteiger partial charge >= 0.3 is 0 Å². The molecule has 26 heavy (non-hydrogen) atoms. The smallest absolute Gasteiger partial charge is 0.191 e. The van der Waals surface area contributed by atoms with E-state index < -0.39 is 9.84 Å². The van der Waals surface area contributed by atoms with Crippen LogP contribution in [0, 0.1) is 5.92 Å². The van der Waals surface area contributed by atoms with Crippen LogP contribution in [0.2, 0.25) is 10.0 Å². The van der Waals surface area contributed by atoms with Gasteiger partial charge in [0.15, 0.2) is 15.0 Å². The topological polar surface area (TPSA) is 74.1 Å². The van der Waals surface area contributed by atoms with Crippen LogP contribution >= 0.6 is 35.0 Å². The Kier molecular flexibility index (Phi) is 6.37. The standard InChI is InChI=1S/C16H19Cl2N3O3S2/c1-21-15(8-11-4-7-26(22,23)10-11)19-20-16(21)25-6-5-24-14-9-12(17)2-3-13(14)18/h2-3,9,11H,4-8,10H2,1H3. The van der Waals surface area contributed by atoms with Crippen molar-refractivity contribution in [2.75, 3.05) is 23.9 Å². The van der Waals surface area contributed by atoms with Gasteiger partial charge in [-0.05, 0) is 24.5 Å². The molecule has 0 bridgehead atoms. The van der Waals surface area contributed by atoms with Crippen LogP contribution in [0.3, 0.4) is 0 Å². The van der Waals surface area contributed by atoms with Crippen LogP contribution in [-0.4, -0.2) is 47.0 Å². The van der Waals surface area contributed by atoms with Crippen LogP contribution in [0.5, 0.6) is 5.75 Å². The third-order valence-corrected chi connectivity index (χ3v) is 7.56. The number of benzene rings is 1. The van der Waals surface area contributed by atoms with Crippen molar-refractivity contribution in [1.29, 1.82) is 0 Å². The number of halogens is 2. The molecule has 0 N–H and O–H groups in total. The van der Waals surface area contributed by atoms with Crippen LogP contribution in [-0.2, 0) is 23.3 Å². The SMILES string of the molecule is Cn1c(CC2CCS(=O)(=O)C2)nnc1SCCOc1cc(Cl)ccc1Cl. The summed E-state index contributed by atoms with van der Waals surface area (Å²) in [5.41, 5.74) is 0. The summed E-state index contributed by atoms with van der Waals surface area (Å²) in [6.07, 6.45) is 1.34. The van der Waals surface area contributed by atoms with Gasteiger partial charge in [-0.3, -0.25) is 0 Å². The molecule has 1 unspecified atom stereocenters. The quantitative estimate of drug-likeness (QED) is 0.490. The van der Waals surface area contributed by atoms with Gasteiger partial charge in [-0.2, -0.15) is 0 Å². The summed E-state index contributed by atoms with van der Waals surface area (Å²) in [4.78, 5) is 0. The molecule has 0 aliphatic carbocycles. The fourth-order valence-corrected chi connectivity index (χ4v) is 5.75. The van der Waals surface area contributed by atoms with Gasteiger partial charge in [0.2, 0.25) is 0 Å². The predicted molar refractivity (Wildman–Crippen MR) is 104 cm³/mol. The molecule has 0 amide bonds. The summed E-state index contributed by atoms with van der Waals surface area (Å²) >= 11 is 13.5. The van der Waals surface area contributed by atoms with Crippen molar-refractivity contribution in [1.82, 2.24) is 14.8 Å². The minimum atomic E-state index is -2.87. The Labute approximate surface area is 167 Å². The first-order valence-corrected chi connectivity index (χ1v) is 11.7. The highest BCUT2D eigenvalue weighted by molar-refractivity contribution is 7.99. The molecule has 2 aromatic rings. The molecule has 6 nitrogen and oxygen atoms in total. The summed E-state index contributed by atoms with van der Waals surface area (Å²) in [5.74, 6) is 2.70. The third kappa shape index (κ3) is 5.06. The first-order valence-electron chi connectivity index (χ1n) is 8.13. The Morgan fingerprint density at radius 1 is 1.35 bits per heavy atom. The number of nitrogens with zero attached hydrogens (tertiary/aromatic N) is 3. The zero-order chi connectivity index (χ0) is 18.7. The Balaban J connectivity index is 1.50. The number of sulfone groups is 1. The number of thioether (sulfide) groups is 1. The van der Waals surface area contributed by atoms with E-state index in [1.54, 1.807) is 18.2 Å². The molecule has 1 atom stereocenters. The molecule has 142 valence electrons. The zero-order valence-electron chi connectivity index (χ0n) is 14.2. The first kappa shape index (κ1) is 19.8. The second-order valence-electron chi connectivity index (χ2n) is 6.20. The third-order valence-electron chi connectivity index (χ3n) is 4.19. The minimum Gasteiger partial charge on any atom is -0.491 e.